The first-order valence-electron chi connectivity index (χ1n) is 5.57. The van der Waals surface area contributed by atoms with Gasteiger partial charge < -0.3 is 0 Å². The van der Waals surface area contributed by atoms with E-state index in [0.29, 0.717) is 17.3 Å². The zero-order valence-corrected chi connectivity index (χ0v) is 9.68. The number of nitrogens with zero attached hydrogens (tertiary/aromatic N) is 2. The molecule has 0 fully saturated rings. The summed E-state index contributed by atoms with van der Waals surface area (Å²) in [6.45, 7) is 0. The molecule has 0 aliphatic heterocycles. The maximum absolute atomic E-state index is 13.9. The summed E-state index contributed by atoms with van der Waals surface area (Å²) in [5.41, 5.74) is 0.961. The molecule has 0 atom stereocenters. The number of carbonyl (C=O) groups excluding carboxylic acids is 1. The number of aldehydes is 1. The molecule has 3 aromatic rings. The first kappa shape index (κ1) is 11.5. The van der Waals surface area contributed by atoms with Gasteiger partial charge in [0.15, 0.2) is 11.6 Å². The van der Waals surface area contributed by atoms with Crippen LogP contribution in [0, 0.1) is 11.6 Å². The number of hydrogen-bond donors (Lipinski definition) is 0. The van der Waals surface area contributed by atoms with Gasteiger partial charge in [0.1, 0.15) is 18.3 Å². The second kappa shape index (κ2) is 4.28. The summed E-state index contributed by atoms with van der Waals surface area (Å²) in [5, 5.41) is 0. The van der Waals surface area contributed by atoms with Gasteiger partial charge in [-0.3, -0.25) is 9.36 Å². The largest absolute Gasteiger partial charge is 0.298 e. The minimum Gasteiger partial charge on any atom is -0.298 e. The monoisotopic (exact) mass is 258 g/mol. The Bertz CT molecular complexity index is 757. The molecule has 0 unspecified atom stereocenters. The third kappa shape index (κ3) is 1.79. The molecule has 3 rings (SSSR count). The molecule has 0 amide bonds. The third-order valence-corrected chi connectivity index (χ3v) is 2.87. The number of para-hydroxylation sites is 2. The van der Waals surface area contributed by atoms with Crippen LogP contribution in [0.25, 0.3) is 16.7 Å². The van der Waals surface area contributed by atoms with Crippen molar-refractivity contribution >= 4 is 17.3 Å². The van der Waals surface area contributed by atoms with Gasteiger partial charge in [-0.15, -0.1) is 0 Å². The van der Waals surface area contributed by atoms with Crippen LogP contribution in [0.15, 0.2) is 42.7 Å². The van der Waals surface area contributed by atoms with Crippen molar-refractivity contribution in [2.75, 3.05) is 0 Å². The molecule has 19 heavy (non-hydrogen) atoms. The normalized spacial score (nSPS) is 10.8. The first-order valence-corrected chi connectivity index (χ1v) is 5.57. The number of fused-ring (bicyclic) bond motifs is 1. The highest BCUT2D eigenvalue weighted by atomic mass is 19.1. The lowest BCUT2D eigenvalue weighted by atomic mass is 10.2. The summed E-state index contributed by atoms with van der Waals surface area (Å²) < 4.78 is 29.2. The fraction of sp³-hybridized carbons (Fsp3) is 0. The quantitative estimate of drug-likeness (QED) is 0.662. The first-order chi connectivity index (χ1) is 9.20. The van der Waals surface area contributed by atoms with Crippen LogP contribution in [-0.4, -0.2) is 15.8 Å². The topological polar surface area (TPSA) is 34.9 Å². The molecule has 0 saturated carbocycles. The van der Waals surface area contributed by atoms with Crippen LogP contribution in [0.2, 0.25) is 0 Å². The fourth-order valence-corrected chi connectivity index (χ4v) is 2.02. The van der Waals surface area contributed by atoms with Crippen molar-refractivity contribution in [3.05, 3.63) is 59.9 Å². The highest BCUT2D eigenvalue weighted by Gasteiger charge is 2.15. The lowest BCUT2D eigenvalue weighted by Crippen LogP contribution is -2.01. The zero-order valence-electron chi connectivity index (χ0n) is 9.68. The SMILES string of the molecule is O=Cc1cc(F)c(-n2cnc3ccccc32)c(F)c1. The highest BCUT2D eigenvalue weighted by molar-refractivity contribution is 5.78. The van der Waals surface area contributed by atoms with Crippen LogP contribution in [0.1, 0.15) is 10.4 Å². The van der Waals surface area contributed by atoms with Crippen molar-refractivity contribution in [3.8, 4) is 5.69 Å². The molecular formula is C14H8F2N2O. The van der Waals surface area contributed by atoms with Crippen molar-refractivity contribution in [2.45, 2.75) is 0 Å². The molecule has 0 radical (unpaired) electrons. The predicted octanol–water partition coefficient (Wildman–Crippen LogP) is 3.12. The molecule has 0 saturated heterocycles. The molecule has 0 bridgehead atoms. The second-order valence-corrected chi connectivity index (χ2v) is 4.05. The van der Waals surface area contributed by atoms with Gasteiger partial charge in [0.25, 0.3) is 0 Å². The van der Waals surface area contributed by atoms with Gasteiger partial charge in [-0.05, 0) is 24.3 Å². The molecular weight excluding hydrogens is 250 g/mol. The summed E-state index contributed by atoms with van der Waals surface area (Å²) in [6, 6.07) is 9.02. The molecule has 0 aliphatic carbocycles. The molecule has 94 valence electrons. The Morgan fingerprint density at radius 1 is 1.11 bits per heavy atom. The number of benzene rings is 2. The van der Waals surface area contributed by atoms with Gasteiger partial charge in [0, 0.05) is 5.56 Å². The van der Waals surface area contributed by atoms with Gasteiger partial charge >= 0.3 is 0 Å². The Hall–Kier alpha value is -2.56. The third-order valence-electron chi connectivity index (χ3n) is 2.87. The molecule has 2 aromatic carbocycles. The number of halogens is 2. The molecule has 5 heteroatoms. The second-order valence-electron chi connectivity index (χ2n) is 4.05. The predicted molar refractivity (Wildman–Crippen MR) is 66.4 cm³/mol. The van der Waals surface area contributed by atoms with E-state index in [1.807, 2.05) is 0 Å². The van der Waals surface area contributed by atoms with E-state index >= 15 is 0 Å². The van der Waals surface area contributed by atoms with Crippen LogP contribution in [0.4, 0.5) is 8.78 Å². The van der Waals surface area contributed by atoms with E-state index in [2.05, 4.69) is 4.98 Å². The van der Waals surface area contributed by atoms with E-state index in [-0.39, 0.29) is 11.3 Å². The minimum atomic E-state index is -0.801. The minimum absolute atomic E-state index is 0.0387. The van der Waals surface area contributed by atoms with Crippen molar-refractivity contribution in [1.82, 2.24) is 9.55 Å². The number of imidazole rings is 1. The van der Waals surface area contributed by atoms with Gasteiger partial charge in [-0.2, -0.15) is 0 Å². The highest BCUT2D eigenvalue weighted by Crippen LogP contribution is 2.23. The Morgan fingerprint density at radius 2 is 1.79 bits per heavy atom. The number of carbonyl (C=O) groups is 1. The van der Waals surface area contributed by atoms with Crippen LogP contribution < -0.4 is 0 Å². The maximum Gasteiger partial charge on any atom is 0.150 e. The van der Waals surface area contributed by atoms with E-state index in [1.54, 1.807) is 24.3 Å². The number of aromatic nitrogens is 2. The Balaban J connectivity index is 2.30. The summed E-state index contributed by atoms with van der Waals surface area (Å²) in [5.74, 6) is -1.60. The summed E-state index contributed by atoms with van der Waals surface area (Å²) in [6.07, 6.45) is 1.76. The zero-order chi connectivity index (χ0) is 13.4. The maximum atomic E-state index is 13.9. The molecule has 1 heterocycles. The molecule has 0 aliphatic rings. The molecule has 3 nitrogen and oxygen atoms in total. The lowest BCUT2D eigenvalue weighted by molar-refractivity contribution is 0.112. The van der Waals surface area contributed by atoms with E-state index in [0.717, 1.165) is 12.1 Å². The smallest absolute Gasteiger partial charge is 0.150 e. The summed E-state index contributed by atoms with van der Waals surface area (Å²) in [4.78, 5) is 14.6. The van der Waals surface area contributed by atoms with Crippen molar-refractivity contribution < 1.29 is 13.6 Å². The van der Waals surface area contributed by atoms with Crippen LogP contribution in [0.3, 0.4) is 0 Å². The van der Waals surface area contributed by atoms with E-state index in [9.17, 15) is 13.6 Å². The average Bonchev–Trinajstić information content (AvgIpc) is 2.82. The standard InChI is InChI=1S/C14H8F2N2O/c15-10-5-9(7-19)6-11(16)14(10)18-8-17-12-3-1-2-4-13(12)18/h1-8H. The van der Waals surface area contributed by atoms with Gasteiger partial charge in [0.2, 0.25) is 0 Å². The lowest BCUT2D eigenvalue weighted by Gasteiger charge is -2.07. The Kier molecular flexibility index (Phi) is 2.59. The van der Waals surface area contributed by atoms with Crippen molar-refractivity contribution in [2.24, 2.45) is 0 Å². The average molecular weight is 258 g/mol. The van der Waals surface area contributed by atoms with E-state index < -0.39 is 11.6 Å². The van der Waals surface area contributed by atoms with E-state index in [4.69, 9.17) is 0 Å². The van der Waals surface area contributed by atoms with Crippen molar-refractivity contribution in [1.29, 1.82) is 0 Å². The van der Waals surface area contributed by atoms with Crippen LogP contribution in [-0.2, 0) is 0 Å². The fourth-order valence-electron chi connectivity index (χ4n) is 2.02. The van der Waals surface area contributed by atoms with Gasteiger partial charge in [0.05, 0.1) is 11.0 Å². The van der Waals surface area contributed by atoms with Crippen LogP contribution in [0.5, 0.6) is 0 Å². The summed E-state index contributed by atoms with van der Waals surface area (Å²) in [7, 11) is 0. The Morgan fingerprint density at radius 3 is 2.47 bits per heavy atom. The Labute approximate surface area is 107 Å². The van der Waals surface area contributed by atoms with Gasteiger partial charge in [-0.25, -0.2) is 13.8 Å². The molecule has 0 spiro atoms. The van der Waals surface area contributed by atoms with Crippen LogP contribution >= 0.6 is 0 Å². The molecule has 0 N–H and O–H groups in total. The number of hydrogen-bond acceptors (Lipinski definition) is 2. The number of rotatable bonds is 2. The van der Waals surface area contributed by atoms with Gasteiger partial charge in [-0.1, -0.05) is 12.1 Å². The van der Waals surface area contributed by atoms with Crippen molar-refractivity contribution in [3.63, 3.8) is 0 Å². The summed E-state index contributed by atoms with van der Waals surface area (Å²) >= 11 is 0. The molecule has 1 aromatic heterocycles. The van der Waals surface area contributed by atoms with E-state index in [1.165, 1.54) is 10.9 Å².